The van der Waals surface area contributed by atoms with Gasteiger partial charge in [0.1, 0.15) is 11.8 Å². The summed E-state index contributed by atoms with van der Waals surface area (Å²) >= 11 is 0. The summed E-state index contributed by atoms with van der Waals surface area (Å²) in [6.45, 7) is 0.702. The van der Waals surface area contributed by atoms with E-state index >= 15 is 0 Å². The Labute approximate surface area is 113 Å². The maximum Gasteiger partial charge on any atom is 0.228 e. The van der Waals surface area contributed by atoms with E-state index in [0.717, 1.165) is 30.6 Å². The van der Waals surface area contributed by atoms with Crippen molar-refractivity contribution in [3.63, 3.8) is 0 Å². The predicted octanol–water partition coefficient (Wildman–Crippen LogP) is 2.14. The number of hydrogen-bond acceptors (Lipinski definition) is 3. The molecule has 100 valence electrons. The van der Waals surface area contributed by atoms with E-state index in [4.69, 9.17) is 10.00 Å². The molecule has 0 bridgehead atoms. The lowest BCUT2D eigenvalue weighted by atomic mass is 10.0. The molecule has 4 heteroatoms. The van der Waals surface area contributed by atoms with Crippen LogP contribution in [0.15, 0.2) is 24.3 Å². The highest BCUT2D eigenvalue weighted by atomic mass is 16.5. The third-order valence-corrected chi connectivity index (χ3v) is 3.49. The highest BCUT2D eigenvalue weighted by Gasteiger charge is 2.26. The minimum absolute atomic E-state index is 0.0383. The minimum atomic E-state index is -0.250. The lowest BCUT2D eigenvalue weighted by Crippen LogP contribution is -2.43. The van der Waals surface area contributed by atoms with Crippen molar-refractivity contribution in [1.82, 2.24) is 4.90 Å². The smallest absolute Gasteiger partial charge is 0.228 e. The van der Waals surface area contributed by atoms with Crippen LogP contribution in [0.4, 0.5) is 0 Å². The van der Waals surface area contributed by atoms with E-state index in [-0.39, 0.29) is 11.9 Å². The molecule has 4 nitrogen and oxygen atoms in total. The van der Waals surface area contributed by atoms with Crippen molar-refractivity contribution in [3.8, 4) is 11.8 Å². The van der Waals surface area contributed by atoms with Crippen LogP contribution in [0.5, 0.6) is 5.75 Å². The Morgan fingerprint density at radius 2 is 2.16 bits per heavy atom. The number of carbonyl (C=O) groups is 1. The second-order valence-corrected chi connectivity index (χ2v) is 4.75. The highest BCUT2D eigenvalue weighted by molar-refractivity contribution is 5.79. The van der Waals surface area contributed by atoms with Crippen LogP contribution in [0.3, 0.4) is 0 Å². The monoisotopic (exact) mass is 258 g/mol. The maximum atomic E-state index is 12.2. The van der Waals surface area contributed by atoms with Crippen LogP contribution in [0, 0.1) is 11.3 Å². The van der Waals surface area contributed by atoms with E-state index in [1.54, 1.807) is 12.0 Å². The molecule has 1 amide bonds. The molecule has 0 N–H and O–H groups in total. The van der Waals surface area contributed by atoms with E-state index in [2.05, 4.69) is 6.07 Å². The van der Waals surface area contributed by atoms with Crippen LogP contribution in [0.1, 0.15) is 24.8 Å². The van der Waals surface area contributed by atoms with Crippen LogP contribution in [0.25, 0.3) is 0 Å². The summed E-state index contributed by atoms with van der Waals surface area (Å²) < 4.78 is 5.09. The van der Waals surface area contributed by atoms with Crippen molar-refractivity contribution >= 4 is 5.91 Å². The number of nitrogens with zero attached hydrogens (tertiary/aromatic N) is 2. The molecule has 1 fully saturated rings. The van der Waals surface area contributed by atoms with Crippen molar-refractivity contribution in [1.29, 1.82) is 5.26 Å². The zero-order valence-electron chi connectivity index (χ0n) is 11.1. The normalized spacial score (nSPS) is 18.7. The van der Waals surface area contributed by atoms with Gasteiger partial charge in [-0.3, -0.25) is 4.79 Å². The highest BCUT2D eigenvalue weighted by Crippen LogP contribution is 2.18. The molecule has 0 spiro atoms. The molecule has 1 saturated heterocycles. The molecule has 1 atom stereocenters. The Balaban J connectivity index is 2.01. The van der Waals surface area contributed by atoms with Gasteiger partial charge in [-0.05, 0) is 37.0 Å². The van der Waals surface area contributed by atoms with Gasteiger partial charge in [-0.15, -0.1) is 0 Å². The molecule has 1 aromatic rings. The Hall–Kier alpha value is -2.02. The van der Waals surface area contributed by atoms with Crippen LogP contribution in [-0.2, 0) is 11.2 Å². The van der Waals surface area contributed by atoms with Crippen molar-refractivity contribution < 1.29 is 9.53 Å². The number of ether oxygens (including phenoxy) is 1. The molecule has 2 rings (SSSR count). The molecule has 0 radical (unpaired) electrons. The first-order valence-corrected chi connectivity index (χ1v) is 6.56. The van der Waals surface area contributed by atoms with Crippen molar-refractivity contribution in [3.05, 3.63) is 29.8 Å². The number of methoxy groups -OCH3 is 1. The van der Waals surface area contributed by atoms with Crippen LogP contribution in [-0.4, -0.2) is 30.5 Å². The summed E-state index contributed by atoms with van der Waals surface area (Å²) in [5, 5.41) is 9.08. The van der Waals surface area contributed by atoms with Gasteiger partial charge in [0.15, 0.2) is 0 Å². The zero-order chi connectivity index (χ0) is 13.7. The average Bonchev–Trinajstić information content (AvgIpc) is 2.48. The Morgan fingerprint density at radius 3 is 2.79 bits per heavy atom. The summed E-state index contributed by atoms with van der Waals surface area (Å²) in [6, 6.07) is 9.45. The topological polar surface area (TPSA) is 53.3 Å². The molecular weight excluding hydrogens is 240 g/mol. The number of benzene rings is 1. The lowest BCUT2D eigenvalue weighted by Gasteiger charge is -2.31. The van der Waals surface area contributed by atoms with Gasteiger partial charge in [-0.1, -0.05) is 12.1 Å². The summed E-state index contributed by atoms with van der Waals surface area (Å²) in [6.07, 6.45) is 3.17. The molecule has 1 aromatic carbocycles. The van der Waals surface area contributed by atoms with Gasteiger partial charge in [-0.25, -0.2) is 0 Å². The van der Waals surface area contributed by atoms with Gasteiger partial charge in [0, 0.05) is 6.54 Å². The SMILES string of the molecule is COc1ccc(CC(=O)N2CCCCC2C#N)cc1. The van der Waals surface area contributed by atoms with Gasteiger partial charge < -0.3 is 9.64 Å². The fourth-order valence-corrected chi connectivity index (χ4v) is 2.38. The number of nitriles is 1. The summed E-state index contributed by atoms with van der Waals surface area (Å²) in [4.78, 5) is 14.0. The van der Waals surface area contributed by atoms with E-state index < -0.39 is 0 Å². The molecule has 1 aliphatic heterocycles. The van der Waals surface area contributed by atoms with E-state index in [9.17, 15) is 4.79 Å². The standard InChI is InChI=1S/C15H18N2O2/c1-19-14-7-5-12(6-8-14)10-15(18)17-9-3-2-4-13(17)11-16/h5-8,13H,2-4,9-10H2,1H3. The number of amides is 1. The summed E-state index contributed by atoms with van der Waals surface area (Å²) in [5.41, 5.74) is 0.952. The third kappa shape index (κ3) is 3.25. The first-order valence-electron chi connectivity index (χ1n) is 6.56. The molecule has 0 aromatic heterocycles. The molecular formula is C15H18N2O2. The second-order valence-electron chi connectivity index (χ2n) is 4.75. The molecule has 1 unspecified atom stereocenters. The fourth-order valence-electron chi connectivity index (χ4n) is 2.38. The van der Waals surface area contributed by atoms with Crippen molar-refractivity contribution in [2.45, 2.75) is 31.7 Å². The molecule has 1 aliphatic rings. The number of piperidine rings is 1. The second kappa shape index (κ2) is 6.24. The number of rotatable bonds is 3. The zero-order valence-corrected chi connectivity index (χ0v) is 11.1. The Morgan fingerprint density at radius 1 is 1.42 bits per heavy atom. The summed E-state index contributed by atoms with van der Waals surface area (Å²) in [5.74, 6) is 0.820. The molecule has 1 heterocycles. The van der Waals surface area contributed by atoms with E-state index in [1.807, 2.05) is 24.3 Å². The average molecular weight is 258 g/mol. The van der Waals surface area contributed by atoms with Gasteiger partial charge in [-0.2, -0.15) is 5.26 Å². The maximum absolute atomic E-state index is 12.2. The number of likely N-dealkylation sites (tertiary alicyclic amines) is 1. The van der Waals surface area contributed by atoms with E-state index in [0.29, 0.717) is 13.0 Å². The van der Waals surface area contributed by atoms with E-state index in [1.165, 1.54) is 0 Å². The Kier molecular flexibility index (Phi) is 4.40. The van der Waals surface area contributed by atoms with Crippen molar-refractivity contribution in [2.24, 2.45) is 0 Å². The van der Waals surface area contributed by atoms with Crippen molar-refractivity contribution in [2.75, 3.05) is 13.7 Å². The van der Waals surface area contributed by atoms with Crippen LogP contribution in [0.2, 0.25) is 0 Å². The fraction of sp³-hybridized carbons (Fsp3) is 0.467. The first-order chi connectivity index (χ1) is 9.24. The third-order valence-electron chi connectivity index (χ3n) is 3.49. The molecule has 0 aliphatic carbocycles. The van der Waals surface area contributed by atoms with Gasteiger partial charge in [0.25, 0.3) is 0 Å². The predicted molar refractivity (Wildman–Crippen MR) is 71.7 cm³/mol. The quantitative estimate of drug-likeness (QED) is 0.834. The van der Waals surface area contributed by atoms with Crippen LogP contribution < -0.4 is 4.74 Å². The summed E-state index contributed by atoms with van der Waals surface area (Å²) in [7, 11) is 1.62. The van der Waals surface area contributed by atoms with Gasteiger partial charge in [0.05, 0.1) is 19.6 Å². The number of carbonyl (C=O) groups excluding carboxylic acids is 1. The van der Waals surface area contributed by atoms with Gasteiger partial charge in [0.2, 0.25) is 5.91 Å². The largest absolute Gasteiger partial charge is 0.497 e. The van der Waals surface area contributed by atoms with Gasteiger partial charge >= 0.3 is 0 Å². The van der Waals surface area contributed by atoms with Crippen LogP contribution >= 0.6 is 0 Å². The number of hydrogen-bond donors (Lipinski definition) is 0. The molecule has 0 saturated carbocycles. The minimum Gasteiger partial charge on any atom is -0.497 e. The first kappa shape index (κ1) is 13.4. The Bertz CT molecular complexity index is 476. The molecule has 19 heavy (non-hydrogen) atoms. The lowest BCUT2D eigenvalue weighted by molar-refractivity contribution is -0.132.